The van der Waals surface area contributed by atoms with Gasteiger partial charge in [-0.15, -0.1) is 0 Å². The van der Waals surface area contributed by atoms with Gasteiger partial charge in [-0.05, 0) is 52.4 Å². The molecule has 0 saturated heterocycles. The van der Waals surface area contributed by atoms with E-state index in [0.29, 0.717) is 50.4 Å². The first-order valence-electron chi connectivity index (χ1n) is 9.88. The van der Waals surface area contributed by atoms with Gasteiger partial charge in [0, 0.05) is 13.1 Å². The fourth-order valence-corrected chi connectivity index (χ4v) is 2.20. The van der Waals surface area contributed by atoms with Crippen LogP contribution in [0.1, 0.15) is 52.4 Å². The number of nitrogens with zero attached hydrogens (tertiary/aromatic N) is 2. The molecule has 0 aromatic heterocycles. The lowest BCUT2D eigenvalue weighted by Crippen LogP contribution is -2.43. The maximum atomic E-state index is 11.9. The second-order valence-electron chi connectivity index (χ2n) is 6.83. The summed E-state index contributed by atoms with van der Waals surface area (Å²) in [4.78, 5) is 47.1. The third-order valence-electron chi connectivity index (χ3n) is 3.93. The van der Waals surface area contributed by atoms with Crippen molar-refractivity contribution in [3.05, 3.63) is 0 Å². The van der Waals surface area contributed by atoms with Crippen molar-refractivity contribution in [1.29, 1.82) is 0 Å². The summed E-state index contributed by atoms with van der Waals surface area (Å²) in [6, 6.07) is -1.58. The Bertz CT molecular complexity index is 606. The Balaban J connectivity index is 3.89. The highest BCUT2D eigenvalue weighted by Crippen LogP contribution is 2.00. The molecule has 0 aliphatic rings. The number of aliphatic carboxylic acids is 1. The highest BCUT2D eigenvalue weighted by atomic mass is 16.7. The number of amidine groups is 2. The van der Waals surface area contributed by atoms with Crippen LogP contribution in [0.4, 0.5) is 0 Å². The molecule has 0 spiro atoms. The molecule has 0 radical (unpaired) electrons. The van der Waals surface area contributed by atoms with E-state index in [1.54, 1.807) is 13.8 Å². The Labute approximate surface area is 176 Å². The van der Waals surface area contributed by atoms with Crippen molar-refractivity contribution < 1.29 is 24.3 Å². The van der Waals surface area contributed by atoms with E-state index in [9.17, 15) is 14.4 Å². The van der Waals surface area contributed by atoms with Gasteiger partial charge in [0.05, 0.1) is 11.9 Å². The van der Waals surface area contributed by atoms with Gasteiger partial charge in [-0.2, -0.15) is 0 Å². The molecule has 0 fully saturated rings. The van der Waals surface area contributed by atoms with Gasteiger partial charge in [0.15, 0.2) is 0 Å². The lowest BCUT2D eigenvalue weighted by atomic mass is 10.1. The quantitative estimate of drug-likeness (QED) is 0.0866. The molecule has 0 saturated carbocycles. The van der Waals surface area contributed by atoms with Gasteiger partial charge in [-0.1, -0.05) is 0 Å². The average molecular weight is 430 g/mol. The summed E-state index contributed by atoms with van der Waals surface area (Å²) in [6.07, 6.45) is 3.61. The molecule has 0 heterocycles. The lowest BCUT2D eigenvalue weighted by Gasteiger charge is -2.12. The van der Waals surface area contributed by atoms with Crippen LogP contribution in [0.2, 0.25) is 0 Å². The van der Waals surface area contributed by atoms with Crippen LogP contribution in [0.5, 0.6) is 0 Å². The Morgan fingerprint density at radius 2 is 1.53 bits per heavy atom. The molecular weight excluding hydrogens is 394 g/mol. The molecule has 2 atom stereocenters. The number of unbranched alkanes of at least 4 members (excludes halogenated alkanes) is 2. The maximum absolute atomic E-state index is 11.9. The first kappa shape index (κ1) is 27.3. The molecule has 2 unspecified atom stereocenters. The summed E-state index contributed by atoms with van der Waals surface area (Å²) >= 11 is 0. The van der Waals surface area contributed by atoms with Gasteiger partial charge in [-0.25, -0.2) is 10.3 Å². The Hall–Kier alpha value is -2.73. The fraction of sp³-hybridized carbons (Fsp3) is 0.722. The number of amides is 1. The molecule has 0 aromatic carbocycles. The summed E-state index contributed by atoms with van der Waals surface area (Å²) in [6.45, 7) is 4.02. The molecule has 0 bridgehead atoms. The number of aliphatic imine (C=N–C) groups is 2. The van der Waals surface area contributed by atoms with Gasteiger partial charge >= 0.3 is 11.9 Å². The summed E-state index contributed by atoms with van der Waals surface area (Å²) in [5.74, 6) is -1.25. The number of hydrogen-bond donors (Lipinski definition) is 6. The Morgan fingerprint density at radius 3 is 2.10 bits per heavy atom. The van der Waals surface area contributed by atoms with Crippen LogP contribution in [0.15, 0.2) is 9.98 Å². The van der Waals surface area contributed by atoms with E-state index in [1.807, 2.05) is 0 Å². The van der Waals surface area contributed by atoms with E-state index >= 15 is 0 Å². The number of carbonyl (C=O) groups excluding carboxylic acids is 2. The molecule has 172 valence electrons. The molecule has 0 aliphatic carbocycles. The Kier molecular flexibility index (Phi) is 14.6. The van der Waals surface area contributed by atoms with Crippen molar-refractivity contribution >= 4 is 29.5 Å². The van der Waals surface area contributed by atoms with E-state index in [-0.39, 0.29) is 6.54 Å². The number of hydrogen-bond acceptors (Lipinski definition) is 8. The molecular formula is C18H35N7O5. The minimum absolute atomic E-state index is 0.323. The number of carbonyl (C=O) groups is 3. The topological polar surface area (TPSA) is 208 Å². The third-order valence-corrected chi connectivity index (χ3v) is 3.93. The van der Waals surface area contributed by atoms with Crippen LogP contribution in [0.3, 0.4) is 0 Å². The fourth-order valence-electron chi connectivity index (χ4n) is 2.20. The van der Waals surface area contributed by atoms with Gasteiger partial charge in [-0.3, -0.25) is 19.6 Å². The van der Waals surface area contributed by atoms with Crippen LogP contribution in [0.25, 0.3) is 0 Å². The average Bonchev–Trinajstić information content (AvgIpc) is 2.69. The van der Waals surface area contributed by atoms with E-state index < -0.39 is 29.9 Å². The maximum Gasteiger partial charge on any atom is 0.351 e. The van der Waals surface area contributed by atoms with Crippen LogP contribution in [0, 0.1) is 0 Å². The standard InChI is InChI=1S/C18H35N7O5/c1-12(19)22-9-5-3-7-14(20)17(27)24-11-16(26)30-25-13(2)23-10-6-4-8-15(21)18(28)29/h14-15H,3-11,20-21H2,1-2H3,(H2,19,22)(H,23,25)(H,24,27)(H,28,29). The number of carboxylic acids is 1. The molecule has 30 heavy (non-hydrogen) atoms. The first-order valence-corrected chi connectivity index (χ1v) is 9.88. The highest BCUT2D eigenvalue weighted by Gasteiger charge is 2.14. The number of nitrogens with one attached hydrogen (secondary N) is 2. The number of rotatable bonds is 14. The molecule has 12 nitrogen and oxygen atoms in total. The summed E-state index contributed by atoms with van der Waals surface area (Å²) in [5, 5.41) is 11.1. The van der Waals surface area contributed by atoms with E-state index in [2.05, 4.69) is 20.8 Å². The normalized spacial score (nSPS) is 14.0. The van der Waals surface area contributed by atoms with Crippen LogP contribution < -0.4 is 28.0 Å². The molecule has 0 aliphatic heterocycles. The Morgan fingerprint density at radius 1 is 0.967 bits per heavy atom. The molecule has 1 amide bonds. The molecule has 0 aromatic rings. The van der Waals surface area contributed by atoms with Crippen molar-refractivity contribution in [1.82, 2.24) is 10.8 Å². The number of nitrogens with two attached hydrogens (primary N) is 3. The second kappa shape index (κ2) is 16.1. The number of carboxylic acid groups (broad SMARTS) is 1. The third kappa shape index (κ3) is 15.2. The smallest absolute Gasteiger partial charge is 0.351 e. The van der Waals surface area contributed by atoms with Crippen LogP contribution >= 0.6 is 0 Å². The second-order valence-corrected chi connectivity index (χ2v) is 6.83. The summed E-state index contributed by atoms with van der Waals surface area (Å²) in [7, 11) is 0. The van der Waals surface area contributed by atoms with Gasteiger partial charge < -0.3 is 32.5 Å². The summed E-state index contributed by atoms with van der Waals surface area (Å²) in [5.41, 5.74) is 19.0. The van der Waals surface area contributed by atoms with Gasteiger partial charge in [0.25, 0.3) is 0 Å². The SMILES string of the molecule is CC(N)=NCCCCC(N)C(=O)NCC(=O)ONC(C)=NCCCCC(N)C(=O)O. The monoisotopic (exact) mass is 429 g/mol. The zero-order chi connectivity index (χ0) is 22.9. The minimum atomic E-state index is -1.02. The lowest BCUT2D eigenvalue weighted by molar-refractivity contribution is -0.148. The van der Waals surface area contributed by atoms with Crippen molar-refractivity contribution in [3.8, 4) is 0 Å². The van der Waals surface area contributed by atoms with Gasteiger partial charge in [0.2, 0.25) is 5.91 Å². The highest BCUT2D eigenvalue weighted by molar-refractivity contribution is 5.86. The van der Waals surface area contributed by atoms with Gasteiger partial charge in [0.1, 0.15) is 18.4 Å². The molecule has 9 N–H and O–H groups in total. The summed E-state index contributed by atoms with van der Waals surface area (Å²) < 4.78 is 0. The number of hydroxylamine groups is 1. The molecule has 0 rings (SSSR count). The van der Waals surface area contributed by atoms with Crippen molar-refractivity contribution in [2.75, 3.05) is 19.6 Å². The van der Waals surface area contributed by atoms with Crippen molar-refractivity contribution in [3.63, 3.8) is 0 Å². The zero-order valence-electron chi connectivity index (χ0n) is 17.7. The zero-order valence-corrected chi connectivity index (χ0v) is 17.7. The predicted molar refractivity (Wildman–Crippen MR) is 114 cm³/mol. The van der Waals surface area contributed by atoms with Crippen molar-refractivity contribution in [2.24, 2.45) is 27.2 Å². The van der Waals surface area contributed by atoms with Crippen LogP contribution in [-0.4, -0.2) is 66.3 Å². The minimum Gasteiger partial charge on any atom is -0.480 e. The predicted octanol–water partition coefficient (Wildman–Crippen LogP) is -0.974. The molecule has 12 heteroatoms. The van der Waals surface area contributed by atoms with E-state index in [4.69, 9.17) is 27.1 Å². The van der Waals surface area contributed by atoms with E-state index in [1.165, 1.54) is 0 Å². The first-order chi connectivity index (χ1) is 14.1. The van der Waals surface area contributed by atoms with Crippen molar-refractivity contribution in [2.45, 2.75) is 64.5 Å². The van der Waals surface area contributed by atoms with E-state index in [0.717, 1.165) is 12.8 Å². The van der Waals surface area contributed by atoms with Crippen LogP contribution in [-0.2, 0) is 19.2 Å². The largest absolute Gasteiger partial charge is 0.480 e.